The zero-order chi connectivity index (χ0) is 13.0. The van der Waals surface area contributed by atoms with E-state index in [2.05, 4.69) is 36.6 Å². The summed E-state index contributed by atoms with van der Waals surface area (Å²) in [4.78, 5) is 1.80. The molecule has 2 heteroatoms. The van der Waals surface area contributed by atoms with Crippen LogP contribution in [0.4, 0.5) is 0 Å². The van der Waals surface area contributed by atoms with Crippen LogP contribution in [0.3, 0.4) is 0 Å². The standard InChI is InChI=1S/C17H22N2/c1-3-18-10-11-19-16-12(2)6-4-7-13(16)14-8-5-9-15(18)17(14)19/h4,6-7,15H,3,5,8-11H2,1-2H3/p+1/t15-/m1/s1. The van der Waals surface area contributed by atoms with E-state index in [1.54, 1.807) is 16.2 Å². The van der Waals surface area contributed by atoms with Crippen LogP contribution in [0, 0.1) is 6.92 Å². The van der Waals surface area contributed by atoms with Crippen LogP contribution in [0.2, 0.25) is 0 Å². The highest BCUT2D eigenvalue weighted by Gasteiger charge is 2.37. The van der Waals surface area contributed by atoms with Gasteiger partial charge in [-0.25, -0.2) is 0 Å². The molecule has 0 amide bonds. The van der Waals surface area contributed by atoms with E-state index in [9.17, 15) is 0 Å². The van der Waals surface area contributed by atoms with Crippen LogP contribution in [0.25, 0.3) is 10.9 Å². The molecule has 0 saturated carbocycles. The molecule has 1 unspecified atom stereocenters. The van der Waals surface area contributed by atoms with Gasteiger partial charge in [0.1, 0.15) is 6.04 Å². The molecule has 1 N–H and O–H groups in total. The Balaban J connectivity index is 2.05. The molecule has 2 nitrogen and oxygen atoms in total. The van der Waals surface area contributed by atoms with Crippen molar-refractivity contribution in [3.05, 3.63) is 35.0 Å². The van der Waals surface area contributed by atoms with Gasteiger partial charge in [0.2, 0.25) is 0 Å². The Morgan fingerprint density at radius 1 is 1.37 bits per heavy atom. The SMILES string of the molecule is CC[NH+]1CCn2c3c(c4cccc(C)c42)CCC[C@H]31. The smallest absolute Gasteiger partial charge is 0.129 e. The van der Waals surface area contributed by atoms with Gasteiger partial charge in [-0.05, 0) is 37.8 Å². The highest BCUT2D eigenvalue weighted by molar-refractivity contribution is 5.88. The summed E-state index contributed by atoms with van der Waals surface area (Å²) < 4.78 is 2.66. The molecule has 2 aromatic rings. The molecule has 0 radical (unpaired) electrons. The number of aryl methyl sites for hydroxylation is 2. The van der Waals surface area contributed by atoms with Gasteiger partial charge in [0.15, 0.2) is 0 Å². The van der Waals surface area contributed by atoms with Crippen LogP contribution in [0.1, 0.15) is 42.6 Å². The van der Waals surface area contributed by atoms with Crippen LogP contribution < -0.4 is 4.90 Å². The van der Waals surface area contributed by atoms with Crippen LogP contribution in [-0.2, 0) is 13.0 Å². The highest BCUT2D eigenvalue weighted by atomic mass is 15.2. The molecule has 2 atom stereocenters. The maximum atomic E-state index is 2.66. The number of quaternary nitrogens is 1. The van der Waals surface area contributed by atoms with Crippen molar-refractivity contribution in [1.29, 1.82) is 0 Å². The first kappa shape index (κ1) is 11.5. The summed E-state index contributed by atoms with van der Waals surface area (Å²) >= 11 is 0. The number of hydrogen-bond acceptors (Lipinski definition) is 0. The van der Waals surface area contributed by atoms with Gasteiger partial charge in [0.05, 0.1) is 30.8 Å². The summed E-state index contributed by atoms with van der Waals surface area (Å²) in [6, 6.07) is 7.60. The number of para-hydroxylation sites is 1. The van der Waals surface area contributed by atoms with Gasteiger partial charge >= 0.3 is 0 Å². The van der Waals surface area contributed by atoms with E-state index in [-0.39, 0.29) is 0 Å². The van der Waals surface area contributed by atoms with Crippen LogP contribution in [-0.4, -0.2) is 17.7 Å². The highest BCUT2D eigenvalue weighted by Crippen LogP contribution is 2.38. The van der Waals surface area contributed by atoms with E-state index in [4.69, 9.17) is 0 Å². The Morgan fingerprint density at radius 2 is 2.26 bits per heavy atom. The number of aromatic nitrogens is 1. The molecule has 1 aliphatic carbocycles. The lowest BCUT2D eigenvalue weighted by Gasteiger charge is -2.36. The Morgan fingerprint density at radius 3 is 3.11 bits per heavy atom. The predicted octanol–water partition coefficient (Wildman–Crippen LogP) is 2.25. The van der Waals surface area contributed by atoms with Crippen LogP contribution >= 0.6 is 0 Å². The van der Waals surface area contributed by atoms with Gasteiger partial charge in [0.25, 0.3) is 0 Å². The Hall–Kier alpha value is -1.28. The summed E-state index contributed by atoms with van der Waals surface area (Å²) in [6.07, 6.45) is 4.04. The van der Waals surface area contributed by atoms with E-state index in [1.165, 1.54) is 55.4 Å². The Labute approximate surface area is 115 Å². The van der Waals surface area contributed by atoms with E-state index < -0.39 is 0 Å². The van der Waals surface area contributed by atoms with Crippen molar-refractivity contribution in [2.45, 2.75) is 45.7 Å². The fraction of sp³-hybridized carbons (Fsp3) is 0.529. The normalized spacial score (nSPS) is 25.6. The first-order valence-corrected chi connectivity index (χ1v) is 7.76. The third-order valence-corrected chi connectivity index (χ3v) is 5.29. The molecule has 1 aliphatic heterocycles. The molecule has 100 valence electrons. The topological polar surface area (TPSA) is 9.37 Å². The minimum atomic E-state index is 0.759. The maximum Gasteiger partial charge on any atom is 0.129 e. The number of nitrogens with zero attached hydrogens (tertiary/aromatic N) is 1. The van der Waals surface area contributed by atoms with Crippen molar-refractivity contribution in [3.8, 4) is 0 Å². The third-order valence-electron chi connectivity index (χ3n) is 5.29. The number of likely N-dealkylation sites (N-methyl/N-ethyl adjacent to an activating group) is 1. The Kier molecular flexibility index (Phi) is 2.49. The fourth-order valence-corrected chi connectivity index (χ4v) is 4.45. The Bertz CT molecular complexity index is 638. The lowest BCUT2D eigenvalue weighted by Crippen LogP contribution is -3.13. The second-order valence-electron chi connectivity index (χ2n) is 6.19. The number of nitrogens with one attached hydrogen (secondary N) is 1. The number of fused-ring (bicyclic) bond motifs is 3. The average Bonchev–Trinajstić information content (AvgIpc) is 2.77. The predicted molar refractivity (Wildman–Crippen MR) is 78.7 cm³/mol. The largest absolute Gasteiger partial charge is 0.333 e. The van der Waals surface area contributed by atoms with Gasteiger partial charge in [-0.3, -0.25) is 0 Å². The van der Waals surface area contributed by atoms with Crippen molar-refractivity contribution >= 4 is 10.9 Å². The number of hydrogen-bond donors (Lipinski definition) is 1. The third kappa shape index (κ3) is 1.47. The zero-order valence-corrected chi connectivity index (χ0v) is 12.0. The molecule has 4 rings (SSSR count). The molecule has 0 saturated heterocycles. The molecule has 2 heterocycles. The molecule has 19 heavy (non-hydrogen) atoms. The molecule has 0 fully saturated rings. The molecular formula is C17H23N2+. The second kappa shape index (κ2) is 4.11. The van der Waals surface area contributed by atoms with Gasteiger partial charge in [-0.1, -0.05) is 18.2 Å². The van der Waals surface area contributed by atoms with E-state index in [1.807, 2.05) is 0 Å². The van der Waals surface area contributed by atoms with Crippen molar-refractivity contribution in [1.82, 2.24) is 4.57 Å². The quantitative estimate of drug-likeness (QED) is 0.800. The molecule has 1 aromatic carbocycles. The first-order chi connectivity index (χ1) is 9.31. The molecule has 2 aliphatic rings. The lowest BCUT2D eigenvalue weighted by atomic mass is 9.89. The molecule has 0 spiro atoms. The van der Waals surface area contributed by atoms with Gasteiger partial charge < -0.3 is 9.47 Å². The number of benzene rings is 1. The minimum absolute atomic E-state index is 0.759. The number of rotatable bonds is 1. The molecule has 0 bridgehead atoms. The maximum absolute atomic E-state index is 2.66. The summed E-state index contributed by atoms with van der Waals surface area (Å²) in [5.74, 6) is 0. The van der Waals surface area contributed by atoms with Gasteiger partial charge in [-0.2, -0.15) is 0 Å². The van der Waals surface area contributed by atoms with Crippen molar-refractivity contribution in [2.24, 2.45) is 0 Å². The summed E-state index contributed by atoms with van der Waals surface area (Å²) in [6.45, 7) is 8.38. The van der Waals surface area contributed by atoms with Crippen molar-refractivity contribution in [3.63, 3.8) is 0 Å². The van der Waals surface area contributed by atoms with E-state index in [0.29, 0.717) is 0 Å². The van der Waals surface area contributed by atoms with Crippen molar-refractivity contribution < 1.29 is 4.90 Å². The monoisotopic (exact) mass is 255 g/mol. The van der Waals surface area contributed by atoms with Gasteiger partial charge in [-0.15, -0.1) is 0 Å². The molecule has 1 aromatic heterocycles. The zero-order valence-electron chi connectivity index (χ0n) is 12.0. The van der Waals surface area contributed by atoms with Gasteiger partial charge in [0, 0.05) is 11.8 Å². The minimum Gasteiger partial charge on any atom is -0.333 e. The molecular weight excluding hydrogens is 232 g/mol. The average molecular weight is 255 g/mol. The van der Waals surface area contributed by atoms with Crippen LogP contribution in [0.5, 0.6) is 0 Å². The lowest BCUT2D eigenvalue weighted by molar-refractivity contribution is -0.935. The van der Waals surface area contributed by atoms with Crippen molar-refractivity contribution in [2.75, 3.05) is 13.1 Å². The van der Waals surface area contributed by atoms with E-state index >= 15 is 0 Å². The van der Waals surface area contributed by atoms with Crippen LogP contribution in [0.15, 0.2) is 18.2 Å². The fourth-order valence-electron chi connectivity index (χ4n) is 4.45. The van der Waals surface area contributed by atoms with E-state index in [0.717, 1.165) is 6.04 Å². The summed E-state index contributed by atoms with van der Waals surface area (Å²) in [5.41, 5.74) is 6.32. The second-order valence-corrected chi connectivity index (χ2v) is 6.19. The first-order valence-electron chi connectivity index (χ1n) is 7.76. The summed E-state index contributed by atoms with van der Waals surface area (Å²) in [5, 5.41) is 1.54. The summed E-state index contributed by atoms with van der Waals surface area (Å²) in [7, 11) is 0.